The van der Waals surface area contributed by atoms with E-state index >= 15 is 0 Å². The van der Waals surface area contributed by atoms with Crippen molar-refractivity contribution in [3.8, 4) is 11.5 Å². The largest absolute Gasteiger partial charge is 0.497 e. The second-order valence-corrected chi connectivity index (χ2v) is 9.04. The normalized spacial score (nSPS) is 20.9. The summed E-state index contributed by atoms with van der Waals surface area (Å²) >= 11 is 0. The molecule has 0 bridgehead atoms. The van der Waals surface area contributed by atoms with Gasteiger partial charge < -0.3 is 9.47 Å². The molecule has 0 saturated heterocycles. The molecular weight excluding hydrogens is 448 g/mol. The highest BCUT2D eigenvalue weighted by molar-refractivity contribution is 6.05. The number of carbonyl (C=O) groups excluding carboxylic acids is 1. The Labute approximate surface area is 210 Å². The van der Waals surface area contributed by atoms with Gasteiger partial charge in [0.25, 0.3) is 0 Å². The van der Waals surface area contributed by atoms with Crippen molar-refractivity contribution in [3.63, 3.8) is 0 Å². The third-order valence-electron chi connectivity index (χ3n) is 6.92. The highest BCUT2D eigenvalue weighted by atomic mass is 16.5. The molecule has 0 radical (unpaired) electrons. The van der Waals surface area contributed by atoms with Crippen molar-refractivity contribution < 1.29 is 14.3 Å². The van der Waals surface area contributed by atoms with E-state index in [1.807, 2.05) is 89.9 Å². The summed E-state index contributed by atoms with van der Waals surface area (Å²) < 4.78 is 11.9. The van der Waals surface area contributed by atoms with Gasteiger partial charge in [-0.25, -0.2) is 0 Å². The average Bonchev–Trinajstić information content (AvgIpc) is 3.39. The number of Topliss-reactive ketones (excluding diaryl/α,β-unsaturated/α-hetero) is 1. The topological polar surface area (TPSA) is 51.1 Å². The molecule has 178 valence electrons. The second kappa shape index (κ2) is 9.34. The van der Waals surface area contributed by atoms with Crippen LogP contribution in [0.25, 0.3) is 0 Å². The maximum Gasteiger partial charge on any atom is 0.194 e. The van der Waals surface area contributed by atoms with E-state index < -0.39 is 12.1 Å². The van der Waals surface area contributed by atoms with Crippen LogP contribution in [0.5, 0.6) is 11.5 Å². The molecule has 2 heterocycles. The number of para-hydroxylation sites is 1. The van der Waals surface area contributed by atoms with Gasteiger partial charge in [-0.3, -0.25) is 9.80 Å². The molecule has 0 saturated carbocycles. The number of fused-ring (bicyclic) bond motifs is 1. The van der Waals surface area contributed by atoms with Gasteiger partial charge in [-0.1, -0.05) is 84.9 Å². The van der Waals surface area contributed by atoms with Gasteiger partial charge in [-0.05, 0) is 41.0 Å². The zero-order valence-corrected chi connectivity index (χ0v) is 20.0. The molecule has 0 aliphatic carbocycles. The fourth-order valence-electron chi connectivity index (χ4n) is 5.11. The number of hydrogen-bond acceptors (Lipinski definition) is 5. The zero-order valence-electron chi connectivity index (χ0n) is 20.0. The number of ketones is 1. The number of methoxy groups -OCH3 is 1. The SMILES string of the molecule is COc1ccc(C2CC(c3ccccc3)=NN2C2C(=O)c3ccccc3OC2c2ccccc2)cc1. The van der Waals surface area contributed by atoms with Crippen LogP contribution in [0, 0.1) is 0 Å². The Balaban J connectivity index is 1.48. The summed E-state index contributed by atoms with van der Waals surface area (Å²) in [5, 5.41) is 7.07. The highest BCUT2D eigenvalue weighted by Crippen LogP contribution is 2.43. The van der Waals surface area contributed by atoms with Crippen molar-refractivity contribution in [1.82, 2.24) is 5.01 Å². The predicted octanol–water partition coefficient (Wildman–Crippen LogP) is 6.23. The van der Waals surface area contributed by atoms with E-state index in [1.54, 1.807) is 7.11 Å². The summed E-state index contributed by atoms with van der Waals surface area (Å²) in [6.07, 6.45) is 0.191. The summed E-state index contributed by atoms with van der Waals surface area (Å²) in [4.78, 5) is 14.1. The minimum Gasteiger partial charge on any atom is -0.497 e. The molecule has 3 unspecified atom stereocenters. The van der Waals surface area contributed by atoms with E-state index in [4.69, 9.17) is 14.6 Å². The number of ether oxygens (including phenoxy) is 2. The number of nitrogens with zero attached hydrogens (tertiary/aromatic N) is 2. The maximum atomic E-state index is 14.1. The van der Waals surface area contributed by atoms with Gasteiger partial charge in [0.2, 0.25) is 0 Å². The Morgan fingerprint density at radius 3 is 2.19 bits per heavy atom. The Hall–Kier alpha value is -4.38. The van der Waals surface area contributed by atoms with Crippen molar-refractivity contribution in [1.29, 1.82) is 0 Å². The lowest BCUT2D eigenvalue weighted by Crippen LogP contribution is -2.47. The highest BCUT2D eigenvalue weighted by Gasteiger charge is 2.46. The fraction of sp³-hybridized carbons (Fsp3) is 0.161. The lowest BCUT2D eigenvalue weighted by molar-refractivity contribution is 0.0301. The molecule has 3 atom stereocenters. The minimum absolute atomic E-state index is 0.0160. The first-order valence-corrected chi connectivity index (χ1v) is 12.1. The summed E-state index contributed by atoms with van der Waals surface area (Å²) in [7, 11) is 1.66. The quantitative estimate of drug-likeness (QED) is 0.344. The van der Waals surface area contributed by atoms with Crippen molar-refractivity contribution in [2.75, 3.05) is 7.11 Å². The predicted molar refractivity (Wildman–Crippen MR) is 140 cm³/mol. The number of carbonyl (C=O) groups is 1. The molecule has 0 fully saturated rings. The summed E-state index contributed by atoms with van der Waals surface area (Å²) in [6, 6.07) is 34.9. The van der Waals surface area contributed by atoms with Crippen LogP contribution in [0.4, 0.5) is 0 Å². The fourth-order valence-corrected chi connectivity index (χ4v) is 5.11. The standard InChI is InChI=1S/C31H26N2O3/c1-35-24-18-16-22(17-19-24)27-20-26(21-10-4-2-5-11-21)32-33(27)29-30(34)25-14-8-9-15-28(25)36-31(29)23-12-6-3-7-13-23/h2-19,27,29,31H,20H2,1H3. The van der Waals surface area contributed by atoms with Crippen molar-refractivity contribution in [2.24, 2.45) is 5.10 Å². The Morgan fingerprint density at radius 1 is 0.806 bits per heavy atom. The van der Waals surface area contributed by atoms with Gasteiger partial charge >= 0.3 is 0 Å². The number of rotatable bonds is 5. The zero-order chi connectivity index (χ0) is 24.5. The molecule has 4 aromatic carbocycles. The van der Waals surface area contributed by atoms with Crippen LogP contribution in [0.15, 0.2) is 114 Å². The molecule has 2 aliphatic heterocycles. The van der Waals surface area contributed by atoms with Crippen LogP contribution in [0.2, 0.25) is 0 Å². The van der Waals surface area contributed by atoms with Gasteiger partial charge in [0.15, 0.2) is 17.9 Å². The lowest BCUT2D eigenvalue weighted by Gasteiger charge is -2.39. The smallest absolute Gasteiger partial charge is 0.194 e. The number of hydrogen-bond donors (Lipinski definition) is 0. The van der Waals surface area contributed by atoms with Gasteiger partial charge in [0.1, 0.15) is 11.5 Å². The number of hydrazone groups is 1. The molecule has 6 rings (SSSR count). The summed E-state index contributed by atoms with van der Waals surface area (Å²) in [6.45, 7) is 0. The van der Waals surface area contributed by atoms with Crippen LogP contribution in [0.3, 0.4) is 0 Å². The van der Waals surface area contributed by atoms with E-state index in [-0.39, 0.29) is 11.8 Å². The molecule has 0 aromatic heterocycles. The maximum absolute atomic E-state index is 14.1. The van der Waals surface area contributed by atoms with Gasteiger partial charge in [-0.15, -0.1) is 0 Å². The van der Waals surface area contributed by atoms with Crippen LogP contribution in [0.1, 0.15) is 45.6 Å². The monoisotopic (exact) mass is 474 g/mol. The van der Waals surface area contributed by atoms with Crippen molar-refractivity contribution in [2.45, 2.75) is 24.6 Å². The first kappa shape index (κ1) is 22.1. The van der Waals surface area contributed by atoms with Crippen LogP contribution >= 0.6 is 0 Å². The molecule has 5 nitrogen and oxygen atoms in total. The average molecular weight is 475 g/mol. The van der Waals surface area contributed by atoms with E-state index in [0.717, 1.165) is 28.2 Å². The Bertz CT molecular complexity index is 1400. The van der Waals surface area contributed by atoms with Crippen molar-refractivity contribution >= 4 is 11.5 Å². The lowest BCUT2D eigenvalue weighted by atomic mass is 9.89. The van der Waals surface area contributed by atoms with E-state index in [2.05, 4.69) is 24.3 Å². The molecule has 0 spiro atoms. The Kier molecular flexibility index (Phi) is 5.74. The van der Waals surface area contributed by atoms with E-state index in [0.29, 0.717) is 17.7 Å². The molecule has 0 amide bonds. The van der Waals surface area contributed by atoms with Crippen molar-refractivity contribution in [3.05, 3.63) is 131 Å². The number of benzene rings is 4. The van der Waals surface area contributed by atoms with Crippen LogP contribution in [-0.4, -0.2) is 29.7 Å². The third kappa shape index (κ3) is 3.93. The second-order valence-electron chi connectivity index (χ2n) is 9.04. The summed E-state index contributed by atoms with van der Waals surface area (Å²) in [5.41, 5.74) is 4.62. The van der Waals surface area contributed by atoms with Gasteiger partial charge in [0, 0.05) is 6.42 Å². The van der Waals surface area contributed by atoms with E-state index in [9.17, 15) is 4.79 Å². The minimum atomic E-state index is -0.615. The van der Waals surface area contributed by atoms with Crippen LogP contribution in [-0.2, 0) is 0 Å². The third-order valence-corrected chi connectivity index (χ3v) is 6.92. The van der Waals surface area contributed by atoms with Gasteiger partial charge in [0.05, 0.1) is 24.4 Å². The first-order valence-electron chi connectivity index (χ1n) is 12.1. The molecule has 4 aromatic rings. The van der Waals surface area contributed by atoms with Crippen LogP contribution < -0.4 is 9.47 Å². The summed E-state index contributed by atoms with van der Waals surface area (Å²) in [5.74, 6) is 1.42. The molecule has 36 heavy (non-hydrogen) atoms. The molecule has 2 aliphatic rings. The molecular formula is C31H26N2O3. The first-order chi connectivity index (χ1) is 17.7. The molecule has 5 heteroatoms. The van der Waals surface area contributed by atoms with Gasteiger partial charge in [-0.2, -0.15) is 5.10 Å². The Morgan fingerprint density at radius 2 is 1.47 bits per heavy atom. The van der Waals surface area contributed by atoms with E-state index in [1.165, 1.54) is 0 Å². The molecule has 0 N–H and O–H groups in total.